The molecule has 1 N–H and O–H groups in total. The van der Waals surface area contributed by atoms with E-state index >= 15 is 0 Å². The molecule has 0 fully saturated rings. The van der Waals surface area contributed by atoms with Gasteiger partial charge in [0.1, 0.15) is 11.5 Å². The molecule has 1 rings (SSSR count). The Hall–Kier alpha value is -1.22. The highest BCUT2D eigenvalue weighted by Crippen LogP contribution is 2.19. The van der Waals surface area contributed by atoms with Crippen molar-refractivity contribution in [1.29, 1.82) is 0 Å². The molecule has 0 aliphatic rings. The van der Waals surface area contributed by atoms with Crippen LogP contribution >= 0.6 is 0 Å². The van der Waals surface area contributed by atoms with Crippen molar-refractivity contribution in [3.63, 3.8) is 0 Å². The van der Waals surface area contributed by atoms with E-state index in [0.717, 1.165) is 24.5 Å². The van der Waals surface area contributed by atoms with Gasteiger partial charge in [0.15, 0.2) is 0 Å². The average Bonchev–Trinajstić information content (AvgIpc) is 2.30. The number of ether oxygens (including phenoxy) is 2. The lowest BCUT2D eigenvalue weighted by Gasteiger charge is -2.11. The van der Waals surface area contributed by atoms with Gasteiger partial charge in [-0.25, -0.2) is 0 Å². The highest BCUT2D eigenvalue weighted by Gasteiger charge is 2.00. The summed E-state index contributed by atoms with van der Waals surface area (Å²) in [7, 11) is 1.96. The number of rotatable bonds is 7. The number of hydrogen-bond acceptors (Lipinski definition) is 3. The Labute approximate surface area is 97.8 Å². The van der Waals surface area contributed by atoms with Crippen LogP contribution in [-0.2, 0) is 0 Å². The second kappa shape index (κ2) is 7.12. The van der Waals surface area contributed by atoms with Crippen molar-refractivity contribution in [3.8, 4) is 11.5 Å². The first-order valence-corrected chi connectivity index (χ1v) is 5.79. The minimum atomic E-state index is 0.482. The second-order valence-corrected chi connectivity index (χ2v) is 3.73. The van der Waals surface area contributed by atoms with E-state index in [0.29, 0.717) is 12.6 Å². The van der Waals surface area contributed by atoms with Gasteiger partial charge in [-0.15, -0.1) is 0 Å². The largest absolute Gasteiger partial charge is 0.494 e. The fraction of sp³-hybridized carbons (Fsp3) is 0.538. The molecular formula is C13H21NO2. The first-order valence-electron chi connectivity index (χ1n) is 5.79. The van der Waals surface area contributed by atoms with Crippen LogP contribution in [0.3, 0.4) is 0 Å². The maximum absolute atomic E-state index is 5.65. The maximum atomic E-state index is 5.65. The Morgan fingerprint density at radius 2 is 1.94 bits per heavy atom. The normalized spacial score (nSPS) is 12.2. The van der Waals surface area contributed by atoms with Gasteiger partial charge in [-0.1, -0.05) is 6.07 Å². The molecule has 0 spiro atoms. The van der Waals surface area contributed by atoms with Crippen molar-refractivity contribution in [1.82, 2.24) is 5.32 Å². The van der Waals surface area contributed by atoms with Crippen LogP contribution < -0.4 is 14.8 Å². The summed E-state index contributed by atoms with van der Waals surface area (Å²) in [6.45, 7) is 5.51. The molecule has 1 atom stereocenters. The molecule has 0 aromatic heterocycles. The van der Waals surface area contributed by atoms with Gasteiger partial charge in [0.2, 0.25) is 0 Å². The molecule has 16 heavy (non-hydrogen) atoms. The molecule has 0 amide bonds. The average molecular weight is 223 g/mol. The molecule has 1 aromatic rings. The summed E-state index contributed by atoms with van der Waals surface area (Å²) < 4.78 is 11.0. The minimum Gasteiger partial charge on any atom is -0.494 e. The van der Waals surface area contributed by atoms with Crippen LogP contribution in [0.2, 0.25) is 0 Å². The smallest absolute Gasteiger partial charge is 0.122 e. The monoisotopic (exact) mass is 223 g/mol. The van der Waals surface area contributed by atoms with Crippen LogP contribution in [0.1, 0.15) is 20.3 Å². The van der Waals surface area contributed by atoms with Gasteiger partial charge in [-0.2, -0.15) is 0 Å². The van der Waals surface area contributed by atoms with Gasteiger partial charge in [0.25, 0.3) is 0 Å². The van der Waals surface area contributed by atoms with Crippen LogP contribution in [0.4, 0.5) is 0 Å². The van der Waals surface area contributed by atoms with Crippen molar-refractivity contribution in [3.05, 3.63) is 24.3 Å². The Morgan fingerprint density at radius 1 is 1.25 bits per heavy atom. The SMILES string of the molecule is CCOc1cccc(OCCC(C)NC)c1. The van der Waals surface area contributed by atoms with Crippen molar-refractivity contribution in [2.75, 3.05) is 20.3 Å². The first-order chi connectivity index (χ1) is 7.76. The summed E-state index contributed by atoms with van der Waals surface area (Å²) in [4.78, 5) is 0. The van der Waals surface area contributed by atoms with Crippen LogP contribution in [-0.4, -0.2) is 26.3 Å². The van der Waals surface area contributed by atoms with Crippen LogP contribution in [0, 0.1) is 0 Å². The number of nitrogens with one attached hydrogen (secondary N) is 1. The van der Waals surface area contributed by atoms with E-state index < -0.39 is 0 Å². The third-order valence-electron chi connectivity index (χ3n) is 2.43. The molecule has 1 aromatic carbocycles. The van der Waals surface area contributed by atoms with E-state index in [1.807, 2.05) is 38.2 Å². The predicted molar refractivity (Wildman–Crippen MR) is 66.2 cm³/mol. The quantitative estimate of drug-likeness (QED) is 0.770. The van der Waals surface area contributed by atoms with Crippen molar-refractivity contribution in [2.24, 2.45) is 0 Å². The maximum Gasteiger partial charge on any atom is 0.122 e. The van der Waals surface area contributed by atoms with Crippen LogP contribution in [0.5, 0.6) is 11.5 Å². The fourth-order valence-electron chi connectivity index (χ4n) is 1.32. The van der Waals surface area contributed by atoms with Gasteiger partial charge >= 0.3 is 0 Å². The summed E-state index contributed by atoms with van der Waals surface area (Å²) in [6, 6.07) is 8.24. The van der Waals surface area contributed by atoms with Gasteiger partial charge in [-0.3, -0.25) is 0 Å². The Morgan fingerprint density at radius 3 is 2.56 bits per heavy atom. The zero-order chi connectivity index (χ0) is 11.8. The van der Waals surface area contributed by atoms with E-state index in [2.05, 4.69) is 12.2 Å². The molecule has 0 heterocycles. The summed E-state index contributed by atoms with van der Waals surface area (Å²) in [5.74, 6) is 1.73. The minimum absolute atomic E-state index is 0.482. The molecule has 3 heteroatoms. The van der Waals surface area contributed by atoms with Crippen molar-refractivity contribution >= 4 is 0 Å². The van der Waals surface area contributed by atoms with Crippen molar-refractivity contribution in [2.45, 2.75) is 26.3 Å². The number of benzene rings is 1. The topological polar surface area (TPSA) is 30.5 Å². The summed E-state index contributed by atoms with van der Waals surface area (Å²) in [6.07, 6.45) is 0.995. The highest BCUT2D eigenvalue weighted by molar-refractivity contribution is 5.32. The lowest BCUT2D eigenvalue weighted by molar-refractivity contribution is 0.289. The lowest BCUT2D eigenvalue weighted by Crippen LogP contribution is -2.23. The lowest BCUT2D eigenvalue weighted by atomic mass is 10.2. The van der Waals surface area contributed by atoms with Gasteiger partial charge in [0, 0.05) is 12.1 Å². The Kier molecular flexibility index (Phi) is 5.72. The molecule has 90 valence electrons. The van der Waals surface area contributed by atoms with Gasteiger partial charge < -0.3 is 14.8 Å². The Bertz CT molecular complexity index is 302. The summed E-state index contributed by atoms with van der Waals surface area (Å²) in [5.41, 5.74) is 0. The van der Waals surface area contributed by atoms with Crippen molar-refractivity contribution < 1.29 is 9.47 Å². The zero-order valence-electron chi connectivity index (χ0n) is 10.3. The standard InChI is InChI=1S/C13H21NO2/c1-4-15-12-6-5-7-13(10-12)16-9-8-11(2)14-3/h5-7,10-11,14H,4,8-9H2,1-3H3. The van der Waals surface area contributed by atoms with Gasteiger partial charge in [-0.05, 0) is 39.4 Å². The molecule has 0 aliphatic carbocycles. The summed E-state index contributed by atoms with van der Waals surface area (Å²) in [5, 5.41) is 3.18. The van der Waals surface area contributed by atoms with E-state index in [9.17, 15) is 0 Å². The van der Waals surface area contributed by atoms with Crippen LogP contribution in [0.25, 0.3) is 0 Å². The predicted octanol–water partition coefficient (Wildman–Crippen LogP) is 2.46. The van der Waals surface area contributed by atoms with E-state index in [-0.39, 0.29) is 0 Å². The Balaban J connectivity index is 2.38. The first kappa shape index (κ1) is 12.8. The molecule has 3 nitrogen and oxygen atoms in total. The molecule has 1 unspecified atom stereocenters. The van der Waals surface area contributed by atoms with Gasteiger partial charge in [0.05, 0.1) is 13.2 Å². The third-order valence-corrected chi connectivity index (χ3v) is 2.43. The van der Waals surface area contributed by atoms with E-state index in [4.69, 9.17) is 9.47 Å². The molecular weight excluding hydrogens is 202 g/mol. The van der Waals surface area contributed by atoms with E-state index in [1.54, 1.807) is 0 Å². The second-order valence-electron chi connectivity index (χ2n) is 3.73. The van der Waals surface area contributed by atoms with E-state index in [1.165, 1.54) is 0 Å². The molecule has 0 aliphatic heterocycles. The fourth-order valence-corrected chi connectivity index (χ4v) is 1.32. The molecule has 0 saturated heterocycles. The number of hydrogen-bond donors (Lipinski definition) is 1. The third kappa shape index (κ3) is 4.53. The van der Waals surface area contributed by atoms with Crippen LogP contribution in [0.15, 0.2) is 24.3 Å². The zero-order valence-corrected chi connectivity index (χ0v) is 10.3. The molecule has 0 bridgehead atoms. The molecule has 0 saturated carbocycles. The molecule has 0 radical (unpaired) electrons. The highest BCUT2D eigenvalue weighted by atomic mass is 16.5. The summed E-state index contributed by atoms with van der Waals surface area (Å²) >= 11 is 0.